The van der Waals surface area contributed by atoms with Gasteiger partial charge >= 0.3 is 0 Å². The highest BCUT2D eigenvalue weighted by Crippen LogP contribution is 2.31. The second-order valence-corrected chi connectivity index (χ2v) is 5.68. The van der Waals surface area contributed by atoms with Gasteiger partial charge in [-0.2, -0.15) is 0 Å². The minimum Gasteiger partial charge on any atom is -0.386 e. The highest BCUT2D eigenvalue weighted by atomic mass is 19.1. The minimum atomic E-state index is -0.213. The summed E-state index contributed by atoms with van der Waals surface area (Å²) in [6.45, 7) is 3.52. The van der Waals surface area contributed by atoms with Gasteiger partial charge in [0, 0.05) is 7.05 Å². The van der Waals surface area contributed by atoms with E-state index in [1.807, 2.05) is 30.3 Å². The summed E-state index contributed by atoms with van der Waals surface area (Å²) in [6.07, 6.45) is 2.64. The molecular formula is C19H24FN3. The molecule has 1 saturated carbocycles. The molecule has 2 aromatic rings. The van der Waals surface area contributed by atoms with E-state index in [-0.39, 0.29) is 11.9 Å². The minimum absolute atomic E-state index is 0.111. The molecule has 4 heteroatoms. The van der Waals surface area contributed by atoms with Gasteiger partial charge in [0.25, 0.3) is 0 Å². The number of hydrogen-bond acceptors (Lipinski definition) is 3. The average molecular weight is 313 g/mol. The Morgan fingerprint density at radius 1 is 1.13 bits per heavy atom. The van der Waals surface area contributed by atoms with E-state index in [4.69, 9.17) is 5.41 Å². The molecule has 3 nitrogen and oxygen atoms in total. The van der Waals surface area contributed by atoms with Gasteiger partial charge in [-0.05, 0) is 55.3 Å². The van der Waals surface area contributed by atoms with Crippen LogP contribution >= 0.6 is 0 Å². The Morgan fingerprint density at radius 2 is 1.83 bits per heavy atom. The maximum Gasteiger partial charge on any atom is 0.146 e. The largest absolute Gasteiger partial charge is 0.386 e. The fourth-order valence-corrected chi connectivity index (χ4v) is 2.59. The molecule has 1 unspecified atom stereocenters. The molecule has 122 valence electrons. The molecule has 3 rings (SSSR count). The fraction of sp³-hybridized carbons (Fsp3) is 0.316. The molecule has 0 amide bonds. The number of nitrogens with one attached hydrogen (secondary N) is 3. The summed E-state index contributed by atoms with van der Waals surface area (Å²) < 4.78 is 13.7. The Hall–Kier alpha value is -2.20. The van der Waals surface area contributed by atoms with Crippen LogP contribution in [0.3, 0.4) is 0 Å². The molecule has 1 atom stereocenters. The first kappa shape index (κ1) is 17.2. The summed E-state index contributed by atoms with van der Waals surface area (Å²) in [4.78, 5) is 0. The molecule has 0 aromatic heterocycles. The third-order valence-corrected chi connectivity index (χ3v) is 4.03. The van der Waals surface area contributed by atoms with Crippen LogP contribution in [0.1, 0.15) is 30.0 Å². The molecule has 2 aromatic carbocycles. The van der Waals surface area contributed by atoms with Crippen LogP contribution in [0, 0.1) is 17.1 Å². The van der Waals surface area contributed by atoms with Gasteiger partial charge in [-0.3, -0.25) is 0 Å². The van der Waals surface area contributed by atoms with Crippen LogP contribution in [-0.4, -0.2) is 20.3 Å². The summed E-state index contributed by atoms with van der Waals surface area (Å²) in [5.74, 6) is 0.593. The Morgan fingerprint density at radius 3 is 2.43 bits per heavy atom. The molecule has 0 radical (unpaired) electrons. The standard InChI is InChI=1S/C18H21FN2.CH3N/c1-20-17-11-15(9-10-16(17)19)18(21-12-13-7-8-13)14-5-3-2-4-6-14;1-2/h2-6,9-11,13,18,20-21H,7-8,12H2,1H3;2H,1H2. The molecule has 1 aliphatic rings. The van der Waals surface area contributed by atoms with Crippen LogP contribution in [0.2, 0.25) is 0 Å². The second-order valence-electron chi connectivity index (χ2n) is 5.68. The van der Waals surface area contributed by atoms with Gasteiger partial charge in [0.2, 0.25) is 0 Å². The Kier molecular flexibility index (Phi) is 6.29. The van der Waals surface area contributed by atoms with Crippen molar-refractivity contribution in [3.05, 3.63) is 65.5 Å². The van der Waals surface area contributed by atoms with Crippen LogP contribution in [0.5, 0.6) is 0 Å². The Labute approximate surface area is 137 Å². The van der Waals surface area contributed by atoms with Crippen LogP contribution < -0.4 is 10.6 Å². The molecule has 3 N–H and O–H groups in total. The van der Waals surface area contributed by atoms with E-state index in [9.17, 15) is 4.39 Å². The molecule has 0 spiro atoms. The smallest absolute Gasteiger partial charge is 0.146 e. The van der Waals surface area contributed by atoms with Crippen molar-refractivity contribution in [1.82, 2.24) is 5.32 Å². The van der Waals surface area contributed by atoms with Crippen molar-refractivity contribution in [2.24, 2.45) is 5.92 Å². The third kappa shape index (κ3) is 4.63. The van der Waals surface area contributed by atoms with E-state index in [1.54, 1.807) is 7.05 Å². The summed E-state index contributed by atoms with van der Waals surface area (Å²) in [5, 5.41) is 12.1. The molecule has 1 fully saturated rings. The number of hydrogen-bond donors (Lipinski definition) is 3. The van der Waals surface area contributed by atoms with Crippen LogP contribution in [0.4, 0.5) is 10.1 Å². The lowest BCUT2D eigenvalue weighted by Crippen LogP contribution is -2.24. The van der Waals surface area contributed by atoms with E-state index < -0.39 is 0 Å². The summed E-state index contributed by atoms with van der Waals surface area (Å²) in [7, 11) is 1.75. The molecule has 0 bridgehead atoms. The number of rotatable bonds is 6. The van der Waals surface area contributed by atoms with Gasteiger partial charge in [0.15, 0.2) is 0 Å². The lowest BCUT2D eigenvalue weighted by atomic mass is 9.98. The molecule has 0 heterocycles. The second kappa shape index (κ2) is 8.44. The zero-order valence-corrected chi connectivity index (χ0v) is 13.5. The van der Waals surface area contributed by atoms with Gasteiger partial charge in [-0.15, -0.1) is 0 Å². The quantitative estimate of drug-likeness (QED) is 0.699. The van der Waals surface area contributed by atoms with Crippen LogP contribution in [0.15, 0.2) is 48.5 Å². The highest BCUT2D eigenvalue weighted by molar-refractivity contribution is 5.49. The van der Waals surface area contributed by atoms with Crippen molar-refractivity contribution in [2.75, 3.05) is 18.9 Å². The number of benzene rings is 2. The first-order valence-corrected chi connectivity index (χ1v) is 7.89. The van der Waals surface area contributed by atoms with Crippen LogP contribution in [0.25, 0.3) is 0 Å². The monoisotopic (exact) mass is 313 g/mol. The predicted octanol–water partition coefficient (Wildman–Crippen LogP) is 4.22. The van der Waals surface area contributed by atoms with Crippen molar-refractivity contribution < 1.29 is 4.39 Å². The third-order valence-electron chi connectivity index (χ3n) is 4.03. The van der Waals surface area contributed by atoms with Gasteiger partial charge in [-0.25, -0.2) is 4.39 Å². The van der Waals surface area contributed by atoms with Crippen LogP contribution in [-0.2, 0) is 0 Å². The summed E-state index contributed by atoms with van der Waals surface area (Å²) >= 11 is 0. The highest BCUT2D eigenvalue weighted by Gasteiger charge is 2.23. The molecular weight excluding hydrogens is 289 g/mol. The molecule has 0 saturated heterocycles. The van der Waals surface area contributed by atoms with Crippen molar-refractivity contribution in [2.45, 2.75) is 18.9 Å². The van der Waals surface area contributed by atoms with Gasteiger partial charge in [-0.1, -0.05) is 36.4 Å². The SMILES string of the molecule is C=N.CNc1cc(C(NCC2CC2)c2ccccc2)ccc1F. The lowest BCUT2D eigenvalue weighted by molar-refractivity contribution is 0.571. The summed E-state index contributed by atoms with van der Waals surface area (Å²) in [6, 6.07) is 15.8. The van der Waals surface area contributed by atoms with Gasteiger partial charge in [0.1, 0.15) is 5.82 Å². The predicted molar refractivity (Wildman–Crippen MR) is 94.8 cm³/mol. The zero-order valence-electron chi connectivity index (χ0n) is 13.5. The Balaban J connectivity index is 0.000000924. The summed E-state index contributed by atoms with van der Waals surface area (Å²) in [5.41, 5.74) is 2.85. The number of anilines is 1. The van der Waals surface area contributed by atoms with Crippen molar-refractivity contribution in [3.63, 3.8) is 0 Å². The van der Waals surface area contributed by atoms with Crippen molar-refractivity contribution in [1.29, 1.82) is 5.41 Å². The molecule has 23 heavy (non-hydrogen) atoms. The van der Waals surface area contributed by atoms with Gasteiger partial charge in [0.05, 0.1) is 11.7 Å². The van der Waals surface area contributed by atoms with Crippen molar-refractivity contribution >= 4 is 12.4 Å². The van der Waals surface area contributed by atoms with Crippen molar-refractivity contribution in [3.8, 4) is 0 Å². The van der Waals surface area contributed by atoms with E-state index in [0.29, 0.717) is 5.69 Å². The zero-order chi connectivity index (χ0) is 16.7. The lowest BCUT2D eigenvalue weighted by Gasteiger charge is -2.21. The molecule has 1 aliphatic carbocycles. The maximum atomic E-state index is 13.7. The average Bonchev–Trinajstić information content (AvgIpc) is 3.43. The Bertz CT molecular complexity index is 611. The van der Waals surface area contributed by atoms with E-state index in [0.717, 1.165) is 18.0 Å². The van der Waals surface area contributed by atoms with E-state index in [1.165, 1.54) is 24.5 Å². The normalized spacial score (nSPS) is 14.5. The topological polar surface area (TPSA) is 47.9 Å². The first-order chi connectivity index (χ1) is 11.3. The first-order valence-electron chi connectivity index (χ1n) is 7.89. The van der Waals surface area contributed by atoms with E-state index >= 15 is 0 Å². The fourth-order valence-electron chi connectivity index (χ4n) is 2.59. The maximum absolute atomic E-state index is 13.7. The van der Waals surface area contributed by atoms with E-state index in [2.05, 4.69) is 29.5 Å². The van der Waals surface area contributed by atoms with Gasteiger partial charge < -0.3 is 16.0 Å². The molecule has 0 aliphatic heterocycles. The number of halogens is 1.